The molecular formula is C20H16N4O4S. The Bertz CT molecular complexity index is 1070. The monoisotopic (exact) mass is 408 g/mol. The van der Waals surface area contributed by atoms with Crippen molar-refractivity contribution in [2.24, 2.45) is 0 Å². The van der Waals surface area contributed by atoms with E-state index in [1.807, 2.05) is 36.4 Å². The minimum atomic E-state index is -0.533. The van der Waals surface area contributed by atoms with Gasteiger partial charge in [0, 0.05) is 24.1 Å². The zero-order chi connectivity index (χ0) is 20.4. The van der Waals surface area contributed by atoms with Crippen molar-refractivity contribution >= 4 is 51.8 Å². The van der Waals surface area contributed by atoms with Gasteiger partial charge in [-0.1, -0.05) is 12.1 Å². The van der Waals surface area contributed by atoms with Crippen molar-refractivity contribution in [1.29, 1.82) is 0 Å². The summed E-state index contributed by atoms with van der Waals surface area (Å²) in [6.45, 7) is -0.337. The van der Waals surface area contributed by atoms with E-state index in [4.69, 9.17) is 16.6 Å². The quantitative estimate of drug-likeness (QED) is 0.505. The molecule has 0 spiro atoms. The van der Waals surface area contributed by atoms with E-state index in [0.29, 0.717) is 17.2 Å². The van der Waals surface area contributed by atoms with Crippen LogP contribution in [-0.2, 0) is 14.4 Å². The first-order chi connectivity index (χ1) is 14.0. The van der Waals surface area contributed by atoms with E-state index in [-0.39, 0.29) is 36.3 Å². The fourth-order valence-corrected chi connectivity index (χ4v) is 3.19. The molecule has 0 atom stereocenters. The molecule has 3 aromatic rings. The average molecular weight is 408 g/mol. The number of rotatable bonds is 4. The molecule has 2 aromatic carbocycles. The van der Waals surface area contributed by atoms with Crippen molar-refractivity contribution in [1.82, 2.24) is 15.2 Å². The Kier molecular flexibility index (Phi) is 5.05. The molecule has 1 aromatic heterocycles. The number of oxazole rings is 1. The normalized spacial score (nSPS) is 13.7. The van der Waals surface area contributed by atoms with E-state index in [2.05, 4.69) is 15.6 Å². The van der Waals surface area contributed by atoms with Crippen molar-refractivity contribution in [2.45, 2.75) is 12.8 Å². The number of imide groups is 1. The molecule has 9 heteroatoms. The van der Waals surface area contributed by atoms with Crippen LogP contribution in [0.15, 0.2) is 52.9 Å². The van der Waals surface area contributed by atoms with E-state index in [1.54, 1.807) is 12.1 Å². The zero-order valence-corrected chi connectivity index (χ0v) is 16.0. The third-order valence-electron chi connectivity index (χ3n) is 4.39. The molecule has 1 saturated heterocycles. The summed E-state index contributed by atoms with van der Waals surface area (Å²) in [7, 11) is 0. The molecule has 0 radical (unpaired) electrons. The van der Waals surface area contributed by atoms with Crippen molar-refractivity contribution in [3.63, 3.8) is 0 Å². The van der Waals surface area contributed by atoms with Gasteiger partial charge in [0.05, 0.1) is 0 Å². The first kappa shape index (κ1) is 18.8. The van der Waals surface area contributed by atoms with Crippen molar-refractivity contribution in [3.8, 4) is 11.5 Å². The second-order valence-electron chi connectivity index (χ2n) is 6.44. The number of hydrogen-bond donors (Lipinski definition) is 2. The third kappa shape index (κ3) is 4.14. The zero-order valence-electron chi connectivity index (χ0n) is 15.2. The van der Waals surface area contributed by atoms with E-state index in [0.717, 1.165) is 16.0 Å². The predicted molar refractivity (Wildman–Crippen MR) is 110 cm³/mol. The summed E-state index contributed by atoms with van der Waals surface area (Å²) in [5.74, 6) is -0.722. The van der Waals surface area contributed by atoms with Gasteiger partial charge in [0.25, 0.3) is 0 Å². The van der Waals surface area contributed by atoms with Crippen LogP contribution in [0, 0.1) is 0 Å². The summed E-state index contributed by atoms with van der Waals surface area (Å²) in [4.78, 5) is 40.5. The summed E-state index contributed by atoms with van der Waals surface area (Å²) in [5, 5.41) is 5.42. The Morgan fingerprint density at radius 1 is 1.07 bits per heavy atom. The summed E-state index contributed by atoms with van der Waals surface area (Å²) in [6, 6.07) is 14.7. The molecular weight excluding hydrogens is 392 g/mol. The Labute approximate surface area is 170 Å². The number of benzene rings is 2. The highest BCUT2D eigenvalue weighted by Crippen LogP contribution is 2.25. The number of amides is 3. The summed E-state index contributed by atoms with van der Waals surface area (Å²) < 4.78 is 5.73. The van der Waals surface area contributed by atoms with Gasteiger partial charge in [-0.3, -0.25) is 19.3 Å². The SMILES string of the molecule is O=C(CN1C(=O)CCC1=O)NC(=S)Nc1ccc(-c2nc3ccccc3o2)cc1. The number of nitrogens with zero attached hydrogens (tertiary/aromatic N) is 2. The first-order valence-corrected chi connectivity index (χ1v) is 9.30. The molecule has 4 rings (SSSR count). The van der Waals surface area contributed by atoms with Gasteiger partial charge in [-0.2, -0.15) is 0 Å². The maximum absolute atomic E-state index is 12.0. The molecule has 0 bridgehead atoms. The Morgan fingerprint density at radius 2 is 1.76 bits per heavy atom. The molecule has 3 amide bonds. The highest BCUT2D eigenvalue weighted by Gasteiger charge is 2.30. The predicted octanol–water partition coefficient (Wildman–Crippen LogP) is 2.46. The number of likely N-dealkylation sites (tertiary alicyclic amines) is 1. The Morgan fingerprint density at radius 3 is 2.45 bits per heavy atom. The highest BCUT2D eigenvalue weighted by atomic mass is 32.1. The standard InChI is InChI=1S/C20H16N4O4S/c25-16(11-24-17(26)9-10-18(24)27)23-20(29)21-13-7-5-12(6-8-13)19-22-14-3-1-2-4-15(14)28-19/h1-8H,9-11H2,(H2,21,23,25,29). The molecule has 8 nitrogen and oxygen atoms in total. The second-order valence-corrected chi connectivity index (χ2v) is 6.85. The van der Waals surface area contributed by atoms with Gasteiger partial charge in [-0.25, -0.2) is 4.98 Å². The molecule has 2 heterocycles. The smallest absolute Gasteiger partial charge is 0.246 e. The maximum Gasteiger partial charge on any atom is 0.246 e. The Balaban J connectivity index is 1.35. The molecule has 1 aliphatic heterocycles. The van der Waals surface area contributed by atoms with Crippen molar-refractivity contribution in [2.75, 3.05) is 11.9 Å². The minimum Gasteiger partial charge on any atom is -0.436 e. The number of carbonyl (C=O) groups excluding carboxylic acids is 3. The molecule has 0 saturated carbocycles. The number of thiocarbonyl (C=S) groups is 1. The van der Waals surface area contributed by atoms with E-state index in [9.17, 15) is 14.4 Å². The van der Waals surface area contributed by atoms with E-state index < -0.39 is 5.91 Å². The number of para-hydroxylation sites is 2. The maximum atomic E-state index is 12.0. The number of carbonyl (C=O) groups is 3. The van der Waals surface area contributed by atoms with Crippen LogP contribution in [0.5, 0.6) is 0 Å². The van der Waals surface area contributed by atoms with Gasteiger partial charge in [-0.15, -0.1) is 0 Å². The second kappa shape index (κ2) is 7.80. The molecule has 2 N–H and O–H groups in total. The van der Waals surface area contributed by atoms with Crippen molar-refractivity contribution < 1.29 is 18.8 Å². The van der Waals surface area contributed by atoms with Crippen LogP contribution < -0.4 is 10.6 Å². The lowest BCUT2D eigenvalue weighted by molar-refractivity contribution is -0.142. The van der Waals surface area contributed by atoms with Crippen LogP contribution >= 0.6 is 12.2 Å². The number of aromatic nitrogens is 1. The first-order valence-electron chi connectivity index (χ1n) is 8.89. The van der Waals surface area contributed by atoms with Crippen LogP contribution in [0.3, 0.4) is 0 Å². The largest absolute Gasteiger partial charge is 0.436 e. The van der Waals surface area contributed by atoms with Gasteiger partial charge >= 0.3 is 0 Å². The fourth-order valence-electron chi connectivity index (χ4n) is 2.96. The molecule has 29 heavy (non-hydrogen) atoms. The van der Waals surface area contributed by atoms with Crippen LogP contribution in [0.4, 0.5) is 5.69 Å². The number of hydrogen-bond acceptors (Lipinski definition) is 6. The van der Waals surface area contributed by atoms with Gasteiger partial charge in [0.1, 0.15) is 12.1 Å². The van der Waals surface area contributed by atoms with Crippen LogP contribution in [0.2, 0.25) is 0 Å². The summed E-state index contributed by atoms with van der Waals surface area (Å²) >= 11 is 5.12. The third-order valence-corrected chi connectivity index (χ3v) is 4.60. The van der Waals surface area contributed by atoms with E-state index >= 15 is 0 Å². The van der Waals surface area contributed by atoms with Crippen molar-refractivity contribution in [3.05, 3.63) is 48.5 Å². The number of nitrogens with one attached hydrogen (secondary N) is 2. The summed E-state index contributed by atoms with van der Waals surface area (Å²) in [6.07, 6.45) is 0.280. The van der Waals surface area contributed by atoms with Crippen LogP contribution in [0.1, 0.15) is 12.8 Å². The van der Waals surface area contributed by atoms with Crippen LogP contribution in [-0.4, -0.2) is 39.3 Å². The van der Waals surface area contributed by atoms with Gasteiger partial charge in [0.2, 0.25) is 23.6 Å². The molecule has 1 aliphatic rings. The van der Waals surface area contributed by atoms with E-state index in [1.165, 1.54) is 0 Å². The lowest BCUT2D eigenvalue weighted by Crippen LogP contribution is -2.43. The summed E-state index contributed by atoms with van der Waals surface area (Å²) in [5.41, 5.74) is 2.95. The van der Waals surface area contributed by atoms with Gasteiger partial charge in [-0.05, 0) is 48.6 Å². The van der Waals surface area contributed by atoms with Gasteiger partial charge in [0.15, 0.2) is 10.7 Å². The van der Waals surface area contributed by atoms with Gasteiger partial charge < -0.3 is 15.1 Å². The molecule has 0 unspecified atom stereocenters. The molecule has 1 fully saturated rings. The molecule has 146 valence electrons. The Hall–Kier alpha value is -3.59. The lowest BCUT2D eigenvalue weighted by atomic mass is 10.2. The van der Waals surface area contributed by atoms with Crippen LogP contribution in [0.25, 0.3) is 22.6 Å². The highest BCUT2D eigenvalue weighted by molar-refractivity contribution is 7.80. The average Bonchev–Trinajstić information content (AvgIpc) is 3.27. The fraction of sp³-hybridized carbons (Fsp3) is 0.150. The topological polar surface area (TPSA) is 105 Å². The number of fused-ring (bicyclic) bond motifs is 1. The number of anilines is 1. The lowest BCUT2D eigenvalue weighted by Gasteiger charge is -2.14. The molecule has 0 aliphatic carbocycles. The minimum absolute atomic E-state index is 0.0729.